The number of alkyl halides is 3. The molecular weight excluding hydrogens is 347 g/mol. The van der Waals surface area contributed by atoms with Crippen LogP contribution in [-0.4, -0.2) is 33.0 Å². The van der Waals surface area contributed by atoms with E-state index in [9.17, 15) is 13.2 Å². The Kier molecular flexibility index (Phi) is 3.85. The summed E-state index contributed by atoms with van der Waals surface area (Å²) in [5.41, 5.74) is 0.690. The Morgan fingerprint density at radius 3 is 2.69 bits per heavy atom. The van der Waals surface area contributed by atoms with Gasteiger partial charge in [-0.1, -0.05) is 0 Å². The highest BCUT2D eigenvalue weighted by Crippen LogP contribution is 2.46. The molecule has 2 aromatic rings. The highest BCUT2D eigenvalue weighted by atomic mass is 19.4. The van der Waals surface area contributed by atoms with Crippen LogP contribution in [0.25, 0.3) is 0 Å². The third-order valence-electron chi connectivity index (χ3n) is 4.66. The number of rotatable bonds is 6. The molecule has 2 fully saturated rings. The summed E-state index contributed by atoms with van der Waals surface area (Å²) in [6.45, 7) is 0. The normalized spacial score (nSPS) is 22.2. The molecule has 2 atom stereocenters. The maximum Gasteiger partial charge on any atom is 0.421 e. The number of hydrogen-bond acceptors (Lipinski definition) is 6. The summed E-state index contributed by atoms with van der Waals surface area (Å²) < 4.78 is 40.8. The second-order valence-electron chi connectivity index (χ2n) is 6.64. The van der Waals surface area contributed by atoms with Crippen LogP contribution in [0.3, 0.4) is 0 Å². The van der Waals surface area contributed by atoms with Crippen molar-refractivity contribution in [2.24, 2.45) is 5.92 Å². The minimum Gasteiger partial charge on any atom is -0.372 e. The van der Waals surface area contributed by atoms with Gasteiger partial charge in [0.25, 0.3) is 0 Å². The van der Waals surface area contributed by atoms with E-state index in [1.165, 1.54) is 13.3 Å². The lowest BCUT2D eigenvalue weighted by atomic mass is 10.2. The van der Waals surface area contributed by atoms with Crippen molar-refractivity contribution >= 4 is 23.7 Å². The van der Waals surface area contributed by atoms with Crippen LogP contribution in [0.4, 0.5) is 30.6 Å². The molecule has 0 unspecified atom stereocenters. The van der Waals surface area contributed by atoms with Gasteiger partial charge >= 0.3 is 6.18 Å². The van der Waals surface area contributed by atoms with Gasteiger partial charge in [0.15, 0.2) is 0 Å². The van der Waals surface area contributed by atoms with Gasteiger partial charge in [-0.2, -0.15) is 23.3 Å². The van der Waals surface area contributed by atoms with E-state index in [4.69, 9.17) is 5.41 Å². The molecule has 0 aromatic carbocycles. The Morgan fingerprint density at radius 2 is 2.12 bits per heavy atom. The quantitative estimate of drug-likeness (QED) is 0.681. The van der Waals surface area contributed by atoms with E-state index >= 15 is 0 Å². The second-order valence-corrected chi connectivity index (χ2v) is 6.64. The summed E-state index contributed by atoms with van der Waals surface area (Å²) in [6.07, 6.45) is 2.48. The molecule has 7 nitrogen and oxygen atoms in total. The molecule has 0 spiro atoms. The van der Waals surface area contributed by atoms with Gasteiger partial charge in [0.1, 0.15) is 11.4 Å². The SMILES string of the molecule is CNc1nc(Nc2cn([C@@H]3C[C@@H]3C=N)nc2C2CC2)ncc1C(F)(F)F. The Morgan fingerprint density at radius 1 is 1.35 bits per heavy atom. The number of hydrogen-bond donors (Lipinski definition) is 3. The Bertz CT molecular complexity index is 841. The summed E-state index contributed by atoms with van der Waals surface area (Å²) in [7, 11) is 1.39. The van der Waals surface area contributed by atoms with Gasteiger partial charge in [-0.25, -0.2) is 4.98 Å². The molecule has 0 saturated heterocycles. The third kappa shape index (κ3) is 3.11. The third-order valence-corrected chi connectivity index (χ3v) is 4.66. The number of aromatic nitrogens is 4. The van der Waals surface area contributed by atoms with Crippen LogP contribution in [0.5, 0.6) is 0 Å². The number of halogens is 3. The van der Waals surface area contributed by atoms with Gasteiger partial charge in [-0.3, -0.25) is 4.68 Å². The average Bonchev–Trinajstić information content (AvgIpc) is 3.52. The Balaban J connectivity index is 1.62. The zero-order valence-corrected chi connectivity index (χ0v) is 14.0. The number of nitrogens with zero attached hydrogens (tertiary/aromatic N) is 4. The van der Waals surface area contributed by atoms with Crippen molar-refractivity contribution in [2.45, 2.75) is 37.4 Å². The first-order chi connectivity index (χ1) is 12.4. The molecule has 0 radical (unpaired) electrons. The molecule has 0 bridgehead atoms. The van der Waals surface area contributed by atoms with Crippen LogP contribution in [-0.2, 0) is 6.18 Å². The van der Waals surface area contributed by atoms with Crippen molar-refractivity contribution in [3.8, 4) is 0 Å². The molecule has 0 amide bonds. The molecule has 2 aliphatic rings. The van der Waals surface area contributed by atoms with Gasteiger partial charge in [-0.05, 0) is 19.3 Å². The van der Waals surface area contributed by atoms with Crippen molar-refractivity contribution in [1.29, 1.82) is 5.41 Å². The van der Waals surface area contributed by atoms with Crippen LogP contribution < -0.4 is 10.6 Å². The van der Waals surface area contributed by atoms with E-state index in [1.807, 2.05) is 10.9 Å². The van der Waals surface area contributed by atoms with Crippen molar-refractivity contribution in [3.05, 3.63) is 23.7 Å². The summed E-state index contributed by atoms with van der Waals surface area (Å²) in [5, 5.41) is 17.5. The minimum atomic E-state index is -4.52. The fraction of sp³-hybridized carbons (Fsp3) is 0.500. The van der Waals surface area contributed by atoms with Gasteiger partial charge in [0.05, 0.1) is 17.4 Å². The maximum atomic E-state index is 13.0. The van der Waals surface area contributed by atoms with Crippen LogP contribution in [0.2, 0.25) is 0 Å². The highest BCUT2D eigenvalue weighted by molar-refractivity contribution is 5.63. The van der Waals surface area contributed by atoms with Crippen molar-refractivity contribution in [1.82, 2.24) is 19.7 Å². The van der Waals surface area contributed by atoms with E-state index < -0.39 is 11.7 Å². The van der Waals surface area contributed by atoms with E-state index in [0.717, 1.165) is 31.2 Å². The summed E-state index contributed by atoms with van der Waals surface area (Å²) in [4.78, 5) is 7.76. The molecule has 2 aliphatic carbocycles. The lowest BCUT2D eigenvalue weighted by Gasteiger charge is -2.12. The van der Waals surface area contributed by atoms with Gasteiger partial charge < -0.3 is 16.0 Å². The molecule has 10 heteroatoms. The topological polar surface area (TPSA) is 91.5 Å². The Labute approximate surface area is 147 Å². The first-order valence-corrected chi connectivity index (χ1v) is 8.39. The Hall–Kier alpha value is -2.65. The number of nitrogens with one attached hydrogen (secondary N) is 3. The standard InChI is InChI=1S/C16H18F3N7/c1-21-14-10(16(17,18)19)6-22-15(24-14)23-11-7-26(12-4-9(12)5-20)25-13(11)8-2-3-8/h5-9,12,20H,2-4H2,1H3,(H2,21,22,23,24)/t9-,12-/m1/s1. The fourth-order valence-electron chi connectivity index (χ4n) is 2.97. The zero-order chi connectivity index (χ0) is 18.5. The van der Waals surface area contributed by atoms with Crippen LogP contribution in [0, 0.1) is 11.3 Å². The molecule has 2 aromatic heterocycles. The highest BCUT2D eigenvalue weighted by Gasteiger charge is 2.40. The van der Waals surface area contributed by atoms with E-state index in [-0.39, 0.29) is 23.7 Å². The lowest BCUT2D eigenvalue weighted by Crippen LogP contribution is -2.12. The monoisotopic (exact) mass is 365 g/mol. The van der Waals surface area contributed by atoms with Gasteiger partial charge in [0, 0.05) is 37.5 Å². The molecule has 26 heavy (non-hydrogen) atoms. The fourth-order valence-corrected chi connectivity index (χ4v) is 2.97. The largest absolute Gasteiger partial charge is 0.421 e. The van der Waals surface area contributed by atoms with Gasteiger partial charge in [0.2, 0.25) is 5.95 Å². The van der Waals surface area contributed by atoms with E-state index in [0.29, 0.717) is 11.6 Å². The van der Waals surface area contributed by atoms with Crippen LogP contribution in [0.15, 0.2) is 12.4 Å². The van der Waals surface area contributed by atoms with Gasteiger partial charge in [-0.15, -0.1) is 0 Å². The molecule has 138 valence electrons. The summed E-state index contributed by atoms with van der Waals surface area (Å²) in [6, 6.07) is 0.182. The minimum absolute atomic E-state index is 0.0863. The summed E-state index contributed by atoms with van der Waals surface area (Å²) >= 11 is 0. The predicted octanol–water partition coefficient (Wildman–Crippen LogP) is 3.57. The molecule has 2 heterocycles. The first-order valence-electron chi connectivity index (χ1n) is 8.39. The van der Waals surface area contributed by atoms with Crippen molar-refractivity contribution in [3.63, 3.8) is 0 Å². The van der Waals surface area contributed by atoms with E-state index in [2.05, 4.69) is 25.7 Å². The first kappa shape index (κ1) is 16.8. The van der Waals surface area contributed by atoms with Crippen molar-refractivity contribution in [2.75, 3.05) is 17.7 Å². The van der Waals surface area contributed by atoms with Crippen molar-refractivity contribution < 1.29 is 13.2 Å². The van der Waals surface area contributed by atoms with Crippen LogP contribution in [0.1, 0.15) is 42.5 Å². The van der Waals surface area contributed by atoms with Crippen LogP contribution >= 0.6 is 0 Å². The maximum absolute atomic E-state index is 13.0. The second kappa shape index (κ2) is 5.96. The molecule has 3 N–H and O–H groups in total. The zero-order valence-electron chi connectivity index (χ0n) is 14.0. The molecular formula is C16H18F3N7. The average molecular weight is 365 g/mol. The molecule has 0 aliphatic heterocycles. The lowest BCUT2D eigenvalue weighted by molar-refractivity contribution is -0.137. The van der Waals surface area contributed by atoms with E-state index in [1.54, 1.807) is 0 Å². The predicted molar refractivity (Wildman–Crippen MR) is 90.0 cm³/mol. The molecule has 4 rings (SSSR count). The summed E-state index contributed by atoms with van der Waals surface area (Å²) in [5.74, 6) is 0.367. The smallest absolute Gasteiger partial charge is 0.372 e. The number of anilines is 3. The molecule has 2 saturated carbocycles.